The molecule has 3 nitrogen and oxygen atoms in total. The van der Waals surface area contributed by atoms with Gasteiger partial charge in [-0.3, -0.25) is 0 Å². The zero-order valence-corrected chi connectivity index (χ0v) is 12.0. The van der Waals surface area contributed by atoms with Gasteiger partial charge in [0.05, 0.1) is 0 Å². The molecule has 2 aromatic carbocycles. The lowest BCUT2D eigenvalue weighted by Crippen LogP contribution is -2.32. The predicted octanol–water partition coefficient (Wildman–Crippen LogP) is 2.81. The molecule has 0 bridgehead atoms. The first-order chi connectivity index (χ1) is 10.2. The maximum Gasteiger partial charge on any atom is 0.114 e. The van der Waals surface area contributed by atoms with Crippen LogP contribution in [0.2, 0.25) is 0 Å². The third kappa shape index (κ3) is 4.26. The molecule has 0 aliphatic rings. The molecule has 0 heterocycles. The molecule has 0 spiro atoms. The van der Waals surface area contributed by atoms with Gasteiger partial charge in [0.15, 0.2) is 0 Å². The maximum atomic E-state index is 10.3. The van der Waals surface area contributed by atoms with Crippen LogP contribution in [-0.4, -0.2) is 29.5 Å². The Kier molecular flexibility index (Phi) is 5.69. The summed E-state index contributed by atoms with van der Waals surface area (Å²) < 4.78 is 5.28. The Bertz CT molecular complexity index is 551. The van der Waals surface area contributed by atoms with E-state index in [1.54, 1.807) is 18.2 Å². The quantitative estimate of drug-likeness (QED) is 0.857. The summed E-state index contributed by atoms with van der Waals surface area (Å²) in [4.78, 5) is 0. The predicted molar refractivity (Wildman–Crippen MR) is 83.7 cm³/mol. The van der Waals surface area contributed by atoms with Crippen molar-refractivity contribution in [1.82, 2.24) is 0 Å². The van der Waals surface area contributed by atoms with Crippen LogP contribution < -0.4 is 0 Å². The summed E-state index contributed by atoms with van der Waals surface area (Å²) in [6.45, 7) is 0. The Morgan fingerprint density at radius 3 is 2.05 bits per heavy atom. The molecule has 3 heteroatoms. The van der Waals surface area contributed by atoms with Crippen LogP contribution in [0.5, 0.6) is 0 Å². The van der Waals surface area contributed by atoms with E-state index in [1.165, 1.54) is 7.11 Å². The van der Waals surface area contributed by atoms with Gasteiger partial charge in [0.2, 0.25) is 0 Å². The van der Waals surface area contributed by atoms with Crippen LogP contribution in [0.1, 0.15) is 17.2 Å². The molecule has 0 fully saturated rings. The second-order valence-electron chi connectivity index (χ2n) is 4.82. The molecule has 2 rings (SSSR count). The molecular weight excluding hydrogens is 264 g/mol. The Morgan fingerprint density at radius 2 is 1.48 bits per heavy atom. The van der Waals surface area contributed by atoms with Crippen molar-refractivity contribution in [2.24, 2.45) is 0 Å². The van der Waals surface area contributed by atoms with Gasteiger partial charge in [-0.25, -0.2) is 0 Å². The third-order valence-electron chi connectivity index (χ3n) is 3.35. The van der Waals surface area contributed by atoms with E-state index in [0.29, 0.717) is 5.56 Å². The molecule has 0 aliphatic heterocycles. The summed E-state index contributed by atoms with van der Waals surface area (Å²) in [6, 6.07) is 18.8. The number of aliphatic hydroxyl groups is 2. The molecule has 21 heavy (non-hydrogen) atoms. The first kappa shape index (κ1) is 15.4. The Labute approximate surface area is 125 Å². The molecule has 2 aromatic rings. The third-order valence-corrected chi connectivity index (χ3v) is 3.35. The zero-order valence-electron chi connectivity index (χ0n) is 12.0. The van der Waals surface area contributed by atoms with Gasteiger partial charge in [-0.05, 0) is 11.1 Å². The topological polar surface area (TPSA) is 49.7 Å². The zero-order chi connectivity index (χ0) is 15.1. The van der Waals surface area contributed by atoms with Gasteiger partial charge in [0.1, 0.15) is 18.3 Å². The molecule has 0 saturated carbocycles. The molecule has 2 N–H and O–H groups in total. The fraction of sp³-hybridized carbons (Fsp3) is 0.222. The molecular formula is C18H20O3. The minimum Gasteiger partial charge on any atom is -0.387 e. The van der Waals surface area contributed by atoms with Crippen LogP contribution in [0.15, 0.2) is 66.7 Å². The lowest BCUT2D eigenvalue weighted by atomic mass is 9.99. The van der Waals surface area contributed by atoms with E-state index < -0.39 is 18.3 Å². The largest absolute Gasteiger partial charge is 0.387 e. The van der Waals surface area contributed by atoms with Gasteiger partial charge < -0.3 is 14.9 Å². The number of hydrogen-bond acceptors (Lipinski definition) is 3. The Hall–Kier alpha value is -1.94. The van der Waals surface area contributed by atoms with Gasteiger partial charge in [-0.15, -0.1) is 0 Å². The summed E-state index contributed by atoms with van der Waals surface area (Å²) in [5.74, 6) is 0. The Balaban J connectivity index is 2.08. The average molecular weight is 284 g/mol. The first-order valence-electron chi connectivity index (χ1n) is 6.89. The first-order valence-corrected chi connectivity index (χ1v) is 6.89. The SMILES string of the molecule is CO[C@H](/C=C/c1ccccc1)[C@H](O)[C@@H](O)c1ccccc1. The Morgan fingerprint density at radius 1 is 0.905 bits per heavy atom. The van der Waals surface area contributed by atoms with Crippen LogP contribution in [0.25, 0.3) is 6.08 Å². The molecule has 0 radical (unpaired) electrons. The van der Waals surface area contributed by atoms with Crippen molar-refractivity contribution in [3.8, 4) is 0 Å². The molecule has 0 aromatic heterocycles. The fourth-order valence-corrected chi connectivity index (χ4v) is 2.13. The van der Waals surface area contributed by atoms with Gasteiger partial charge >= 0.3 is 0 Å². The van der Waals surface area contributed by atoms with Gasteiger partial charge in [-0.1, -0.05) is 72.8 Å². The highest BCUT2D eigenvalue weighted by molar-refractivity contribution is 5.49. The van der Waals surface area contributed by atoms with E-state index >= 15 is 0 Å². The fourth-order valence-electron chi connectivity index (χ4n) is 2.13. The van der Waals surface area contributed by atoms with Gasteiger partial charge in [-0.2, -0.15) is 0 Å². The minimum atomic E-state index is -1.03. The van der Waals surface area contributed by atoms with Crippen molar-refractivity contribution < 1.29 is 14.9 Å². The van der Waals surface area contributed by atoms with E-state index in [2.05, 4.69) is 0 Å². The molecule has 0 saturated heterocycles. The van der Waals surface area contributed by atoms with Crippen molar-refractivity contribution in [3.05, 3.63) is 77.9 Å². The standard InChI is InChI=1S/C18H20O3/c1-21-16(13-12-14-8-4-2-5-9-14)18(20)17(19)15-10-6-3-7-11-15/h2-13,16-20H,1H3/b13-12+/t16-,17+,18+/m1/s1. The number of methoxy groups -OCH3 is 1. The summed E-state index contributed by atoms with van der Waals surface area (Å²) in [5, 5.41) is 20.5. The normalized spacial score (nSPS) is 15.8. The van der Waals surface area contributed by atoms with E-state index in [0.717, 1.165) is 5.56 Å². The second-order valence-corrected chi connectivity index (χ2v) is 4.82. The summed E-state index contributed by atoms with van der Waals surface area (Å²) >= 11 is 0. The second kappa shape index (κ2) is 7.74. The number of benzene rings is 2. The van der Waals surface area contributed by atoms with Gasteiger partial charge in [0.25, 0.3) is 0 Å². The number of rotatable bonds is 6. The van der Waals surface area contributed by atoms with E-state index in [4.69, 9.17) is 4.74 Å². The maximum absolute atomic E-state index is 10.3. The van der Waals surface area contributed by atoms with Crippen LogP contribution in [0.3, 0.4) is 0 Å². The highest BCUT2D eigenvalue weighted by Gasteiger charge is 2.25. The van der Waals surface area contributed by atoms with Crippen molar-refractivity contribution in [2.75, 3.05) is 7.11 Å². The monoisotopic (exact) mass is 284 g/mol. The summed E-state index contributed by atoms with van der Waals surface area (Å²) in [6.07, 6.45) is 1.02. The lowest BCUT2D eigenvalue weighted by molar-refractivity contribution is -0.0573. The van der Waals surface area contributed by atoms with Crippen LogP contribution in [-0.2, 0) is 4.74 Å². The van der Waals surface area contributed by atoms with E-state index in [-0.39, 0.29) is 0 Å². The number of hydrogen-bond donors (Lipinski definition) is 2. The van der Waals surface area contributed by atoms with Crippen molar-refractivity contribution >= 4 is 6.08 Å². The van der Waals surface area contributed by atoms with E-state index in [1.807, 2.05) is 54.6 Å². The van der Waals surface area contributed by atoms with Crippen LogP contribution in [0.4, 0.5) is 0 Å². The van der Waals surface area contributed by atoms with Crippen LogP contribution in [0, 0.1) is 0 Å². The van der Waals surface area contributed by atoms with Crippen molar-refractivity contribution in [2.45, 2.75) is 18.3 Å². The smallest absolute Gasteiger partial charge is 0.114 e. The molecule has 0 amide bonds. The molecule has 3 atom stereocenters. The number of ether oxygens (including phenoxy) is 1. The minimum absolute atomic E-state index is 0.583. The highest BCUT2D eigenvalue weighted by atomic mass is 16.5. The van der Waals surface area contributed by atoms with Crippen LogP contribution >= 0.6 is 0 Å². The summed E-state index contributed by atoms with van der Waals surface area (Å²) in [5.41, 5.74) is 1.68. The molecule has 0 unspecified atom stereocenters. The van der Waals surface area contributed by atoms with Crippen molar-refractivity contribution in [3.63, 3.8) is 0 Å². The highest BCUT2D eigenvalue weighted by Crippen LogP contribution is 2.21. The van der Waals surface area contributed by atoms with Gasteiger partial charge in [0, 0.05) is 7.11 Å². The molecule has 110 valence electrons. The lowest BCUT2D eigenvalue weighted by Gasteiger charge is -2.23. The summed E-state index contributed by atoms with van der Waals surface area (Å²) in [7, 11) is 1.51. The average Bonchev–Trinajstić information content (AvgIpc) is 2.56. The van der Waals surface area contributed by atoms with E-state index in [9.17, 15) is 10.2 Å². The number of aliphatic hydroxyl groups excluding tert-OH is 2. The van der Waals surface area contributed by atoms with Crippen molar-refractivity contribution in [1.29, 1.82) is 0 Å². The molecule has 0 aliphatic carbocycles.